The fraction of sp³-hybridized carbons (Fsp3) is 0.632. The molecule has 22 heavy (non-hydrogen) atoms. The lowest BCUT2D eigenvalue weighted by Crippen LogP contribution is -2.44. The van der Waals surface area contributed by atoms with Crippen molar-refractivity contribution >= 4 is 5.91 Å². The van der Waals surface area contributed by atoms with E-state index in [4.69, 9.17) is 0 Å². The summed E-state index contributed by atoms with van der Waals surface area (Å²) in [6.45, 7) is 8.62. The van der Waals surface area contributed by atoms with Gasteiger partial charge >= 0.3 is 0 Å². The maximum absolute atomic E-state index is 12.6. The number of carbonyl (C=O) groups excluding carboxylic acids is 1. The van der Waals surface area contributed by atoms with Gasteiger partial charge in [0.15, 0.2) is 0 Å². The predicted molar refractivity (Wildman–Crippen MR) is 92.1 cm³/mol. The van der Waals surface area contributed by atoms with Crippen molar-refractivity contribution in [2.24, 2.45) is 5.92 Å². The van der Waals surface area contributed by atoms with Crippen LogP contribution in [0.1, 0.15) is 50.7 Å². The molecule has 0 aromatic heterocycles. The molecule has 0 aliphatic carbocycles. The van der Waals surface area contributed by atoms with Gasteiger partial charge in [-0.2, -0.15) is 0 Å². The molecule has 1 aromatic rings. The minimum absolute atomic E-state index is 0.0744. The molecule has 1 atom stereocenters. The lowest BCUT2D eigenvalue weighted by molar-refractivity contribution is -0.123. The number of nitrogens with zero attached hydrogens (tertiary/aromatic N) is 1. The third kappa shape index (κ3) is 4.57. The van der Waals surface area contributed by atoms with Crippen LogP contribution in [0.4, 0.5) is 0 Å². The maximum atomic E-state index is 12.6. The Labute approximate surface area is 135 Å². The van der Waals surface area contributed by atoms with Gasteiger partial charge in [-0.1, -0.05) is 38.1 Å². The molecule has 1 fully saturated rings. The molecule has 2 rings (SSSR count). The zero-order valence-corrected chi connectivity index (χ0v) is 14.4. The fourth-order valence-corrected chi connectivity index (χ4v) is 3.20. The first-order valence-corrected chi connectivity index (χ1v) is 8.54. The third-order valence-electron chi connectivity index (χ3n) is 4.61. The van der Waals surface area contributed by atoms with E-state index in [0.29, 0.717) is 12.0 Å². The first kappa shape index (κ1) is 17.0. The van der Waals surface area contributed by atoms with Gasteiger partial charge in [0.1, 0.15) is 0 Å². The normalized spacial score (nSPS) is 18.4. The zero-order chi connectivity index (χ0) is 16.1. The van der Waals surface area contributed by atoms with Gasteiger partial charge in [0.05, 0.1) is 5.92 Å². The van der Waals surface area contributed by atoms with Crippen LogP contribution in [-0.4, -0.2) is 37.0 Å². The molecule has 1 aromatic carbocycles. The van der Waals surface area contributed by atoms with Crippen LogP contribution in [-0.2, 0) is 11.2 Å². The van der Waals surface area contributed by atoms with Crippen LogP contribution in [0.3, 0.4) is 0 Å². The van der Waals surface area contributed by atoms with Crippen molar-refractivity contribution in [1.29, 1.82) is 0 Å². The maximum Gasteiger partial charge on any atom is 0.227 e. The van der Waals surface area contributed by atoms with Crippen LogP contribution in [0.2, 0.25) is 0 Å². The highest BCUT2D eigenvalue weighted by molar-refractivity contribution is 5.83. The Morgan fingerprint density at radius 2 is 1.86 bits per heavy atom. The minimum atomic E-state index is -0.0744. The molecule has 0 spiro atoms. The molecule has 0 unspecified atom stereocenters. The molecule has 1 aliphatic heterocycles. The summed E-state index contributed by atoms with van der Waals surface area (Å²) in [7, 11) is 2.14. The van der Waals surface area contributed by atoms with Crippen LogP contribution in [0.5, 0.6) is 0 Å². The summed E-state index contributed by atoms with van der Waals surface area (Å²) in [5, 5.41) is 3.25. The Bertz CT molecular complexity index is 490. The van der Waals surface area contributed by atoms with Crippen molar-refractivity contribution < 1.29 is 4.79 Å². The van der Waals surface area contributed by atoms with Crippen molar-refractivity contribution in [2.75, 3.05) is 20.1 Å². The second-order valence-electron chi connectivity index (χ2n) is 7.10. The molecular formula is C19H30N2O. The van der Waals surface area contributed by atoms with Crippen LogP contribution >= 0.6 is 0 Å². The van der Waals surface area contributed by atoms with Gasteiger partial charge in [-0.3, -0.25) is 4.79 Å². The number of piperidine rings is 1. The number of likely N-dealkylation sites (tertiary alicyclic amines) is 1. The first-order chi connectivity index (χ1) is 10.5. The summed E-state index contributed by atoms with van der Waals surface area (Å²) in [4.78, 5) is 14.9. The Kier molecular flexibility index (Phi) is 6.01. The van der Waals surface area contributed by atoms with Crippen LogP contribution in [0.15, 0.2) is 24.3 Å². The van der Waals surface area contributed by atoms with E-state index in [9.17, 15) is 4.79 Å². The Hall–Kier alpha value is -1.35. The predicted octanol–water partition coefficient (Wildman–Crippen LogP) is 3.20. The van der Waals surface area contributed by atoms with E-state index < -0.39 is 0 Å². The Balaban J connectivity index is 2.01. The van der Waals surface area contributed by atoms with E-state index in [-0.39, 0.29) is 11.8 Å². The molecule has 1 heterocycles. The molecular weight excluding hydrogens is 272 g/mol. The van der Waals surface area contributed by atoms with Crippen molar-refractivity contribution in [1.82, 2.24) is 10.2 Å². The second kappa shape index (κ2) is 7.77. The molecule has 1 amide bonds. The molecule has 1 N–H and O–H groups in total. The summed E-state index contributed by atoms with van der Waals surface area (Å²) in [6.07, 6.45) is 3.15. The van der Waals surface area contributed by atoms with Gasteiger partial charge in [0, 0.05) is 6.04 Å². The molecule has 0 radical (unpaired) electrons. The SMILES string of the molecule is CC(C)Cc1ccccc1[C@@H](C)C(=O)NC1CCN(C)CC1. The van der Waals surface area contributed by atoms with Crippen LogP contribution in [0, 0.1) is 5.92 Å². The summed E-state index contributed by atoms with van der Waals surface area (Å²) in [6, 6.07) is 8.72. The number of hydrogen-bond donors (Lipinski definition) is 1. The molecule has 122 valence electrons. The summed E-state index contributed by atoms with van der Waals surface area (Å²) in [5.74, 6) is 0.700. The number of hydrogen-bond acceptors (Lipinski definition) is 2. The monoisotopic (exact) mass is 302 g/mol. The van der Waals surface area contributed by atoms with Crippen molar-refractivity contribution in [3.05, 3.63) is 35.4 Å². The van der Waals surface area contributed by atoms with E-state index in [2.05, 4.69) is 49.3 Å². The van der Waals surface area contributed by atoms with Gasteiger partial charge < -0.3 is 10.2 Å². The smallest absolute Gasteiger partial charge is 0.227 e. The van der Waals surface area contributed by atoms with Crippen molar-refractivity contribution in [3.63, 3.8) is 0 Å². The van der Waals surface area contributed by atoms with E-state index in [1.165, 1.54) is 11.1 Å². The Morgan fingerprint density at radius 3 is 2.50 bits per heavy atom. The standard InChI is InChI=1S/C19H30N2O/c1-14(2)13-16-7-5-6-8-18(16)15(3)19(22)20-17-9-11-21(4)12-10-17/h5-8,14-15,17H,9-13H2,1-4H3,(H,20,22)/t15-/m1/s1. The molecule has 3 heteroatoms. The van der Waals surface area contributed by atoms with E-state index in [1.54, 1.807) is 0 Å². The summed E-state index contributed by atoms with van der Waals surface area (Å²) >= 11 is 0. The summed E-state index contributed by atoms with van der Waals surface area (Å²) in [5.41, 5.74) is 2.49. The average molecular weight is 302 g/mol. The number of benzene rings is 1. The zero-order valence-electron chi connectivity index (χ0n) is 14.4. The number of rotatable bonds is 5. The molecule has 1 aliphatic rings. The average Bonchev–Trinajstić information content (AvgIpc) is 2.49. The van der Waals surface area contributed by atoms with Gasteiger partial charge in [-0.15, -0.1) is 0 Å². The van der Waals surface area contributed by atoms with Gasteiger partial charge in [0.25, 0.3) is 0 Å². The third-order valence-corrected chi connectivity index (χ3v) is 4.61. The topological polar surface area (TPSA) is 32.3 Å². The highest BCUT2D eigenvalue weighted by atomic mass is 16.1. The van der Waals surface area contributed by atoms with Gasteiger partial charge in [-0.25, -0.2) is 0 Å². The molecule has 3 nitrogen and oxygen atoms in total. The van der Waals surface area contributed by atoms with E-state index in [0.717, 1.165) is 32.4 Å². The highest BCUT2D eigenvalue weighted by Crippen LogP contribution is 2.23. The van der Waals surface area contributed by atoms with Gasteiger partial charge in [-0.05, 0) is 63.4 Å². The van der Waals surface area contributed by atoms with Crippen molar-refractivity contribution in [2.45, 2.75) is 52.0 Å². The lowest BCUT2D eigenvalue weighted by Gasteiger charge is -2.30. The lowest BCUT2D eigenvalue weighted by atomic mass is 9.90. The first-order valence-electron chi connectivity index (χ1n) is 8.54. The van der Waals surface area contributed by atoms with Gasteiger partial charge in [0.2, 0.25) is 5.91 Å². The quantitative estimate of drug-likeness (QED) is 0.906. The van der Waals surface area contributed by atoms with E-state index >= 15 is 0 Å². The molecule has 1 saturated heterocycles. The van der Waals surface area contributed by atoms with Crippen LogP contribution in [0.25, 0.3) is 0 Å². The molecule has 0 bridgehead atoms. The number of nitrogens with one attached hydrogen (secondary N) is 1. The number of amides is 1. The largest absolute Gasteiger partial charge is 0.353 e. The van der Waals surface area contributed by atoms with Crippen LogP contribution < -0.4 is 5.32 Å². The minimum Gasteiger partial charge on any atom is -0.353 e. The second-order valence-corrected chi connectivity index (χ2v) is 7.10. The van der Waals surface area contributed by atoms with Crippen molar-refractivity contribution in [3.8, 4) is 0 Å². The molecule has 0 saturated carbocycles. The Morgan fingerprint density at radius 1 is 1.23 bits per heavy atom. The fourth-order valence-electron chi connectivity index (χ4n) is 3.20. The highest BCUT2D eigenvalue weighted by Gasteiger charge is 2.23. The number of carbonyl (C=O) groups is 1. The summed E-state index contributed by atoms with van der Waals surface area (Å²) < 4.78 is 0. The van der Waals surface area contributed by atoms with E-state index in [1.807, 2.05) is 13.0 Å².